The Hall–Kier alpha value is -2.50. The zero-order chi connectivity index (χ0) is 27.6. The standard InChI is InChI=1S/C34H47NO4/c1-2-3-17-29(36)21-27(19-24-12-6-4-7-13-24)31(37)23-28(20-25-14-8-5-9-15-25)34(39)35-33-30-18-11-10-16-26(30)22-32(33)38/h5,8-11,14-16,18,24,27-28,31-33,37-38H,2-4,6-7,12-13,17,19-23H2,1H3,(H,35,39)/t27-,28-,31+,32-,33+/m1/s1. The Morgan fingerprint density at radius 3 is 2.46 bits per heavy atom. The second-order valence-electron chi connectivity index (χ2n) is 12.0. The molecule has 0 spiro atoms. The van der Waals surface area contributed by atoms with E-state index in [1.165, 1.54) is 32.1 Å². The fourth-order valence-electron chi connectivity index (χ4n) is 6.68. The van der Waals surface area contributed by atoms with E-state index in [2.05, 4.69) is 12.2 Å². The Balaban J connectivity index is 1.50. The minimum absolute atomic E-state index is 0.124. The highest BCUT2D eigenvalue weighted by Crippen LogP contribution is 2.35. The van der Waals surface area contributed by atoms with E-state index in [-0.39, 0.29) is 17.6 Å². The van der Waals surface area contributed by atoms with Gasteiger partial charge in [0.25, 0.3) is 0 Å². The van der Waals surface area contributed by atoms with E-state index >= 15 is 0 Å². The summed E-state index contributed by atoms with van der Waals surface area (Å²) in [5, 5.41) is 25.5. The number of unbranched alkanes of at least 4 members (excludes halogenated alkanes) is 1. The number of carbonyl (C=O) groups excluding carboxylic acids is 2. The number of hydrogen-bond acceptors (Lipinski definition) is 4. The van der Waals surface area contributed by atoms with Gasteiger partial charge < -0.3 is 15.5 Å². The lowest BCUT2D eigenvalue weighted by atomic mass is 9.77. The van der Waals surface area contributed by atoms with Gasteiger partial charge in [0.05, 0.1) is 18.2 Å². The molecule has 1 amide bonds. The van der Waals surface area contributed by atoms with Crippen molar-refractivity contribution in [2.24, 2.45) is 17.8 Å². The smallest absolute Gasteiger partial charge is 0.224 e. The minimum Gasteiger partial charge on any atom is -0.393 e. The molecule has 2 aliphatic rings. The fourth-order valence-corrected chi connectivity index (χ4v) is 6.68. The van der Waals surface area contributed by atoms with Crippen LogP contribution in [0.5, 0.6) is 0 Å². The van der Waals surface area contributed by atoms with Crippen LogP contribution < -0.4 is 5.32 Å². The summed E-state index contributed by atoms with van der Waals surface area (Å²) in [6, 6.07) is 17.3. The quantitative estimate of drug-likeness (QED) is 0.274. The highest BCUT2D eigenvalue weighted by atomic mass is 16.3. The van der Waals surface area contributed by atoms with E-state index in [1.807, 2.05) is 54.6 Å². The molecule has 5 atom stereocenters. The van der Waals surface area contributed by atoms with Gasteiger partial charge in [0.2, 0.25) is 5.91 Å². The van der Waals surface area contributed by atoms with Crippen molar-refractivity contribution < 1.29 is 19.8 Å². The number of rotatable bonds is 14. The maximum Gasteiger partial charge on any atom is 0.224 e. The maximum absolute atomic E-state index is 13.8. The fraction of sp³-hybridized carbons (Fsp3) is 0.588. The molecule has 5 nitrogen and oxygen atoms in total. The molecule has 212 valence electrons. The summed E-state index contributed by atoms with van der Waals surface area (Å²) in [7, 11) is 0. The number of fused-ring (bicyclic) bond motifs is 1. The molecular formula is C34H47NO4. The molecular weight excluding hydrogens is 486 g/mol. The molecule has 0 aliphatic heterocycles. The Morgan fingerprint density at radius 1 is 1.00 bits per heavy atom. The van der Waals surface area contributed by atoms with Gasteiger partial charge in [-0.05, 0) is 54.2 Å². The summed E-state index contributed by atoms with van der Waals surface area (Å²) < 4.78 is 0. The van der Waals surface area contributed by atoms with Crippen molar-refractivity contribution in [2.75, 3.05) is 0 Å². The number of benzene rings is 2. The van der Waals surface area contributed by atoms with Gasteiger partial charge in [0, 0.05) is 25.2 Å². The molecule has 0 bridgehead atoms. The van der Waals surface area contributed by atoms with Crippen LogP contribution in [-0.4, -0.2) is 34.1 Å². The van der Waals surface area contributed by atoms with Crippen molar-refractivity contribution in [1.82, 2.24) is 5.32 Å². The van der Waals surface area contributed by atoms with Crippen molar-refractivity contribution in [3.05, 3.63) is 71.3 Å². The van der Waals surface area contributed by atoms with Gasteiger partial charge in [-0.25, -0.2) is 0 Å². The number of carbonyl (C=O) groups is 2. The van der Waals surface area contributed by atoms with Crippen LogP contribution in [-0.2, 0) is 22.4 Å². The molecule has 1 saturated carbocycles. The van der Waals surface area contributed by atoms with Crippen molar-refractivity contribution >= 4 is 11.7 Å². The van der Waals surface area contributed by atoms with Crippen LogP contribution in [0.1, 0.15) is 100 Å². The first-order chi connectivity index (χ1) is 18.9. The Kier molecular flexibility index (Phi) is 11.2. The van der Waals surface area contributed by atoms with Gasteiger partial charge in [-0.3, -0.25) is 9.59 Å². The lowest BCUT2D eigenvalue weighted by molar-refractivity contribution is -0.128. The topological polar surface area (TPSA) is 86.6 Å². The first-order valence-electron chi connectivity index (χ1n) is 15.2. The number of hydrogen-bond donors (Lipinski definition) is 3. The zero-order valence-electron chi connectivity index (χ0n) is 23.6. The highest BCUT2D eigenvalue weighted by Gasteiger charge is 2.35. The third-order valence-electron chi connectivity index (χ3n) is 8.93. The van der Waals surface area contributed by atoms with Crippen LogP contribution in [0.2, 0.25) is 0 Å². The van der Waals surface area contributed by atoms with Crippen molar-refractivity contribution in [1.29, 1.82) is 0 Å². The van der Waals surface area contributed by atoms with Gasteiger partial charge in [0.15, 0.2) is 0 Å². The number of ketones is 1. The molecule has 5 heteroatoms. The molecule has 0 unspecified atom stereocenters. The molecule has 2 aromatic rings. The lowest BCUT2D eigenvalue weighted by Crippen LogP contribution is -2.40. The normalized spacial score (nSPS) is 21.6. The SMILES string of the molecule is CCCCC(=O)C[C@@H](CC1CCCCC1)[C@@H](O)C[C@@H](Cc1ccccc1)C(=O)N[C@H]1c2ccccc2C[C@H]1O. The van der Waals surface area contributed by atoms with Crippen molar-refractivity contribution in [3.8, 4) is 0 Å². The summed E-state index contributed by atoms with van der Waals surface area (Å²) in [5.74, 6) is 0.0473. The molecule has 0 aromatic heterocycles. The van der Waals surface area contributed by atoms with Gasteiger partial charge >= 0.3 is 0 Å². The van der Waals surface area contributed by atoms with Crippen LogP contribution in [0.4, 0.5) is 0 Å². The average Bonchev–Trinajstić information content (AvgIpc) is 3.26. The van der Waals surface area contributed by atoms with Crippen LogP contribution in [0.15, 0.2) is 54.6 Å². The largest absolute Gasteiger partial charge is 0.393 e. The second-order valence-corrected chi connectivity index (χ2v) is 12.0. The molecule has 2 aromatic carbocycles. The molecule has 4 rings (SSSR count). The highest BCUT2D eigenvalue weighted by molar-refractivity contribution is 5.80. The van der Waals surface area contributed by atoms with E-state index < -0.39 is 24.2 Å². The predicted octanol–water partition coefficient (Wildman–Crippen LogP) is 6.11. The third kappa shape index (κ3) is 8.49. The van der Waals surface area contributed by atoms with Crippen LogP contribution in [0.25, 0.3) is 0 Å². The second kappa shape index (κ2) is 14.8. The molecule has 39 heavy (non-hydrogen) atoms. The van der Waals surface area contributed by atoms with E-state index in [1.54, 1.807) is 0 Å². The van der Waals surface area contributed by atoms with Crippen LogP contribution >= 0.6 is 0 Å². The molecule has 0 radical (unpaired) electrons. The number of nitrogens with one attached hydrogen (secondary N) is 1. The third-order valence-corrected chi connectivity index (χ3v) is 8.93. The summed E-state index contributed by atoms with van der Waals surface area (Å²) in [5.41, 5.74) is 3.07. The molecule has 2 aliphatic carbocycles. The number of amides is 1. The van der Waals surface area contributed by atoms with Gasteiger partial charge in [0.1, 0.15) is 5.78 Å². The summed E-state index contributed by atoms with van der Waals surface area (Å²) in [4.78, 5) is 26.6. The first-order valence-corrected chi connectivity index (χ1v) is 15.2. The Bertz CT molecular complexity index is 1050. The number of aliphatic hydroxyl groups excluding tert-OH is 2. The molecule has 3 N–H and O–H groups in total. The van der Waals surface area contributed by atoms with E-state index in [9.17, 15) is 19.8 Å². The van der Waals surface area contributed by atoms with E-state index in [4.69, 9.17) is 0 Å². The predicted molar refractivity (Wildman–Crippen MR) is 155 cm³/mol. The monoisotopic (exact) mass is 533 g/mol. The van der Waals surface area contributed by atoms with Gasteiger partial charge in [-0.1, -0.05) is 100 Å². The summed E-state index contributed by atoms with van der Waals surface area (Å²) in [6.07, 6.45) is 9.69. The molecule has 1 fully saturated rings. The number of Topliss-reactive ketones (excluding diaryl/α,β-unsaturated/α-hetero) is 1. The van der Waals surface area contributed by atoms with Crippen LogP contribution in [0, 0.1) is 17.8 Å². The zero-order valence-corrected chi connectivity index (χ0v) is 23.6. The summed E-state index contributed by atoms with van der Waals surface area (Å²) in [6.45, 7) is 2.09. The number of aliphatic hydroxyl groups is 2. The Labute approximate surface area is 234 Å². The molecule has 0 heterocycles. The Morgan fingerprint density at radius 2 is 1.72 bits per heavy atom. The summed E-state index contributed by atoms with van der Waals surface area (Å²) >= 11 is 0. The van der Waals surface area contributed by atoms with Gasteiger partial charge in [-0.15, -0.1) is 0 Å². The first kappa shape index (κ1) is 29.5. The minimum atomic E-state index is -0.724. The van der Waals surface area contributed by atoms with Crippen LogP contribution in [0.3, 0.4) is 0 Å². The van der Waals surface area contributed by atoms with Crippen molar-refractivity contribution in [2.45, 2.75) is 109 Å². The van der Waals surface area contributed by atoms with E-state index in [0.29, 0.717) is 38.0 Å². The maximum atomic E-state index is 13.8. The van der Waals surface area contributed by atoms with Gasteiger partial charge in [-0.2, -0.15) is 0 Å². The average molecular weight is 534 g/mol. The van der Waals surface area contributed by atoms with E-state index in [0.717, 1.165) is 36.0 Å². The molecule has 0 saturated heterocycles. The van der Waals surface area contributed by atoms with Crippen molar-refractivity contribution in [3.63, 3.8) is 0 Å². The lowest BCUT2D eigenvalue weighted by Gasteiger charge is -2.31.